The third-order valence-electron chi connectivity index (χ3n) is 8.62. The van der Waals surface area contributed by atoms with Crippen LogP contribution in [0.5, 0.6) is 0 Å². The van der Waals surface area contributed by atoms with E-state index >= 15 is 0 Å². The standard InChI is InChI=1S/C41H37N3O6S/c42-33(41(48)49)21-22-35(45)44-34(40(47)43-23-36(46)50-24-26-11-3-1-4-12-26)25-51-39-31-18-10-9-17-30(31)38-29-16-8-7-13-27(29)19-20-32(38)37(39)28-14-5-2-6-15-28/h1-20,33-34H,21-25,42H2,(H,43,47)(H,44,45)(H,48,49)/t33-,34-/m0/s1. The summed E-state index contributed by atoms with van der Waals surface area (Å²) in [7, 11) is 0. The second kappa shape index (κ2) is 16.3. The van der Waals surface area contributed by atoms with Crippen molar-refractivity contribution in [1.82, 2.24) is 10.6 Å². The normalized spacial score (nSPS) is 12.3. The molecule has 6 aromatic carbocycles. The zero-order valence-corrected chi connectivity index (χ0v) is 28.5. The zero-order valence-electron chi connectivity index (χ0n) is 27.7. The van der Waals surface area contributed by atoms with Gasteiger partial charge in [0.05, 0.1) is 0 Å². The number of rotatable bonds is 14. The van der Waals surface area contributed by atoms with Gasteiger partial charge in [0.15, 0.2) is 0 Å². The van der Waals surface area contributed by atoms with Gasteiger partial charge in [0.2, 0.25) is 11.8 Å². The second-order valence-electron chi connectivity index (χ2n) is 12.1. The number of fused-ring (bicyclic) bond motifs is 5. The average molecular weight is 700 g/mol. The molecule has 5 N–H and O–H groups in total. The highest BCUT2D eigenvalue weighted by Crippen LogP contribution is 2.46. The Hall–Kier alpha value is -5.71. The zero-order chi connectivity index (χ0) is 35.7. The molecule has 0 fully saturated rings. The van der Waals surface area contributed by atoms with E-state index in [9.17, 15) is 24.3 Å². The van der Waals surface area contributed by atoms with E-state index in [1.54, 1.807) is 0 Å². The summed E-state index contributed by atoms with van der Waals surface area (Å²) in [6.07, 6.45) is -0.293. The number of nitrogens with two attached hydrogens (primary N) is 1. The lowest BCUT2D eigenvalue weighted by molar-refractivity contribution is -0.145. The molecule has 6 rings (SSSR count). The van der Waals surface area contributed by atoms with E-state index < -0.39 is 42.4 Å². The van der Waals surface area contributed by atoms with E-state index in [0.29, 0.717) is 0 Å². The molecule has 0 unspecified atom stereocenters. The number of thioether (sulfide) groups is 1. The van der Waals surface area contributed by atoms with Crippen molar-refractivity contribution in [3.63, 3.8) is 0 Å². The number of carboxylic acid groups (broad SMARTS) is 1. The van der Waals surface area contributed by atoms with Crippen molar-refractivity contribution in [1.29, 1.82) is 0 Å². The molecule has 0 aliphatic carbocycles. The quantitative estimate of drug-likeness (QED) is 0.0577. The predicted octanol–water partition coefficient (Wildman–Crippen LogP) is 6.44. The number of nitrogens with one attached hydrogen (secondary N) is 2. The summed E-state index contributed by atoms with van der Waals surface area (Å²) in [5.74, 6) is -2.84. The summed E-state index contributed by atoms with van der Waals surface area (Å²) in [5.41, 5.74) is 8.44. The number of ether oxygens (including phenoxy) is 1. The van der Waals surface area contributed by atoms with E-state index in [4.69, 9.17) is 10.5 Å². The van der Waals surface area contributed by atoms with Crippen LogP contribution in [0.1, 0.15) is 18.4 Å². The van der Waals surface area contributed by atoms with Crippen LogP contribution in [-0.2, 0) is 30.5 Å². The molecule has 0 saturated heterocycles. The molecule has 0 aromatic heterocycles. The summed E-state index contributed by atoms with van der Waals surface area (Å²) in [6.45, 7) is -0.337. The molecule has 10 heteroatoms. The number of benzene rings is 6. The first-order valence-corrected chi connectivity index (χ1v) is 17.6. The summed E-state index contributed by atoms with van der Waals surface area (Å²) in [6, 6.07) is 37.6. The van der Waals surface area contributed by atoms with Gasteiger partial charge in [0.25, 0.3) is 0 Å². The highest BCUT2D eigenvalue weighted by atomic mass is 32.2. The Kier molecular flexibility index (Phi) is 11.2. The summed E-state index contributed by atoms with van der Waals surface area (Å²) in [4.78, 5) is 51.4. The molecule has 0 bridgehead atoms. The molecule has 2 amide bonds. The smallest absolute Gasteiger partial charge is 0.325 e. The molecule has 0 saturated carbocycles. The largest absolute Gasteiger partial charge is 0.480 e. The number of hydrogen-bond acceptors (Lipinski definition) is 7. The number of hydrogen-bond donors (Lipinski definition) is 4. The molecular weight excluding hydrogens is 663 g/mol. The number of carbonyl (C=O) groups is 4. The highest BCUT2D eigenvalue weighted by Gasteiger charge is 2.25. The maximum Gasteiger partial charge on any atom is 0.325 e. The van der Waals surface area contributed by atoms with E-state index in [0.717, 1.165) is 53.9 Å². The minimum absolute atomic E-state index is 0.0575. The van der Waals surface area contributed by atoms with Crippen LogP contribution in [0, 0.1) is 0 Å². The second-order valence-corrected chi connectivity index (χ2v) is 13.1. The number of carbonyl (C=O) groups excluding carboxylic acids is 3. The number of amides is 2. The van der Waals surface area contributed by atoms with E-state index in [1.807, 2.05) is 72.8 Å². The fourth-order valence-electron chi connectivity index (χ4n) is 6.07. The third kappa shape index (κ3) is 8.37. The summed E-state index contributed by atoms with van der Waals surface area (Å²) < 4.78 is 5.32. The molecular formula is C41H37N3O6S. The van der Waals surface area contributed by atoms with Crippen molar-refractivity contribution in [2.75, 3.05) is 12.3 Å². The molecule has 51 heavy (non-hydrogen) atoms. The van der Waals surface area contributed by atoms with Crippen molar-refractivity contribution in [2.24, 2.45) is 5.73 Å². The first-order valence-electron chi connectivity index (χ1n) is 16.6. The number of esters is 1. The van der Waals surface area contributed by atoms with Crippen LogP contribution < -0.4 is 16.4 Å². The third-order valence-corrected chi connectivity index (χ3v) is 9.84. The topological polar surface area (TPSA) is 148 Å². The average Bonchev–Trinajstić information content (AvgIpc) is 3.16. The Labute approximate surface area is 299 Å². The van der Waals surface area contributed by atoms with E-state index in [-0.39, 0.29) is 25.2 Å². The maximum atomic E-state index is 13.6. The van der Waals surface area contributed by atoms with Crippen LogP contribution in [0.25, 0.3) is 43.4 Å². The predicted molar refractivity (Wildman–Crippen MR) is 201 cm³/mol. The van der Waals surface area contributed by atoms with Gasteiger partial charge in [-0.05, 0) is 49.9 Å². The van der Waals surface area contributed by atoms with Crippen LogP contribution in [-0.4, -0.2) is 53.2 Å². The lowest BCUT2D eigenvalue weighted by Crippen LogP contribution is -2.49. The fraction of sp³-hybridized carbons (Fsp3) is 0.171. The van der Waals surface area contributed by atoms with E-state index in [2.05, 4.69) is 59.2 Å². The first kappa shape index (κ1) is 35.1. The maximum absolute atomic E-state index is 13.6. The van der Waals surface area contributed by atoms with Gasteiger partial charge in [-0.1, -0.05) is 121 Å². The van der Waals surface area contributed by atoms with Crippen molar-refractivity contribution >= 4 is 67.8 Å². The van der Waals surface area contributed by atoms with Crippen LogP contribution in [0.15, 0.2) is 126 Å². The van der Waals surface area contributed by atoms with Crippen LogP contribution in [0.3, 0.4) is 0 Å². The van der Waals surface area contributed by atoms with Crippen LogP contribution in [0.2, 0.25) is 0 Å². The Bertz CT molecular complexity index is 2210. The molecule has 2 atom stereocenters. The van der Waals surface area contributed by atoms with Gasteiger partial charge >= 0.3 is 11.9 Å². The SMILES string of the molecule is N[C@@H](CCC(=O)N[C@@H](CSc1c(-c2ccccc2)c2ccc3ccccc3c2c2ccccc12)C(=O)NCC(=O)OCc1ccccc1)C(=O)O. The molecule has 0 aliphatic rings. The molecule has 9 nitrogen and oxygen atoms in total. The minimum Gasteiger partial charge on any atom is -0.480 e. The first-order chi connectivity index (χ1) is 24.8. The minimum atomic E-state index is -1.22. The van der Waals surface area contributed by atoms with Crippen molar-refractivity contribution in [3.05, 3.63) is 127 Å². The Balaban J connectivity index is 1.32. The summed E-state index contributed by atoms with van der Waals surface area (Å²) >= 11 is 1.43. The Morgan fingerprint density at radius 1 is 0.745 bits per heavy atom. The highest BCUT2D eigenvalue weighted by molar-refractivity contribution is 7.99. The van der Waals surface area contributed by atoms with Gasteiger partial charge in [-0.3, -0.25) is 19.2 Å². The Morgan fingerprint density at radius 3 is 2.12 bits per heavy atom. The molecule has 0 spiro atoms. The van der Waals surface area contributed by atoms with Gasteiger partial charge in [0.1, 0.15) is 25.2 Å². The van der Waals surface area contributed by atoms with Gasteiger partial charge < -0.3 is 26.2 Å². The number of aliphatic carboxylic acids is 1. The monoisotopic (exact) mass is 699 g/mol. The van der Waals surface area contributed by atoms with E-state index in [1.165, 1.54) is 11.8 Å². The number of carboxylic acids is 1. The van der Waals surface area contributed by atoms with Gasteiger partial charge in [-0.25, -0.2) is 0 Å². The Morgan fingerprint density at radius 2 is 1.39 bits per heavy atom. The van der Waals surface area contributed by atoms with Crippen molar-refractivity contribution in [2.45, 2.75) is 36.4 Å². The van der Waals surface area contributed by atoms with Crippen molar-refractivity contribution < 1.29 is 29.0 Å². The van der Waals surface area contributed by atoms with Crippen LogP contribution >= 0.6 is 11.8 Å². The lowest BCUT2D eigenvalue weighted by atomic mass is 9.90. The van der Waals surface area contributed by atoms with Gasteiger partial charge in [-0.15, -0.1) is 11.8 Å². The molecule has 258 valence electrons. The van der Waals surface area contributed by atoms with Crippen LogP contribution in [0.4, 0.5) is 0 Å². The van der Waals surface area contributed by atoms with Gasteiger partial charge in [0, 0.05) is 22.6 Å². The van der Waals surface area contributed by atoms with Crippen molar-refractivity contribution in [3.8, 4) is 11.1 Å². The summed E-state index contributed by atoms with van der Waals surface area (Å²) in [5, 5.41) is 21.0. The molecule has 6 aromatic rings. The lowest BCUT2D eigenvalue weighted by Gasteiger charge is -2.22. The molecule has 0 aliphatic heterocycles. The van der Waals surface area contributed by atoms with Gasteiger partial charge in [-0.2, -0.15) is 0 Å². The molecule has 0 heterocycles. The molecule has 0 radical (unpaired) electrons. The fourth-order valence-corrected chi connectivity index (χ4v) is 7.34.